The molecule has 0 aliphatic heterocycles. The van der Waals surface area contributed by atoms with Crippen molar-refractivity contribution in [2.24, 2.45) is 0 Å². The number of rotatable bonds is 1. The Morgan fingerprint density at radius 3 is 2.72 bits per heavy atom. The fourth-order valence-electron chi connectivity index (χ4n) is 2.74. The number of nitrogens with zero attached hydrogens (tertiary/aromatic N) is 1. The molecule has 18 heavy (non-hydrogen) atoms. The number of pyridine rings is 1. The summed E-state index contributed by atoms with van der Waals surface area (Å²) < 4.78 is 0. The van der Waals surface area contributed by atoms with Gasteiger partial charge < -0.3 is 0 Å². The first-order valence-electron chi connectivity index (χ1n) is 6.77. The summed E-state index contributed by atoms with van der Waals surface area (Å²) in [5, 5.41) is 2.07. The van der Waals surface area contributed by atoms with Crippen LogP contribution in [0.3, 0.4) is 0 Å². The Morgan fingerprint density at radius 1 is 1.17 bits per heavy atom. The normalized spacial score (nSPS) is 15.1. The fourth-order valence-corrected chi connectivity index (χ4v) is 3.10. The lowest BCUT2D eigenvalue weighted by atomic mass is 9.93. The van der Waals surface area contributed by atoms with Gasteiger partial charge in [-0.05, 0) is 54.9 Å². The summed E-state index contributed by atoms with van der Waals surface area (Å²) in [6, 6.07) is 6.50. The second kappa shape index (κ2) is 4.55. The minimum absolute atomic E-state index is 0.529. The van der Waals surface area contributed by atoms with E-state index in [1.165, 1.54) is 29.7 Å². The van der Waals surface area contributed by atoms with Gasteiger partial charge in [-0.15, -0.1) is 0 Å². The minimum Gasteiger partial charge on any atom is -0.252 e. The summed E-state index contributed by atoms with van der Waals surface area (Å²) in [6.45, 7) is 4.42. The van der Waals surface area contributed by atoms with Crippen molar-refractivity contribution in [1.82, 2.24) is 4.98 Å². The second-order valence-corrected chi connectivity index (χ2v) is 5.87. The van der Waals surface area contributed by atoms with Crippen LogP contribution in [0.5, 0.6) is 0 Å². The largest absolute Gasteiger partial charge is 0.252 e. The van der Waals surface area contributed by atoms with Crippen LogP contribution in [-0.4, -0.2) is 4.98 Å². The molecule has 1 aliphatic rings. The summed E-state index contributed by atoms with van der Waals surface area (Å²) in [7, 11) is 0. The SMILES string of the molecule is CC(C)c1ccc2nc3c(c(Cl)c2c1)CCCC3. The van der Waals surface area contributed by atoms with E-state index in [-0.39, 0.29) is 0 Å². The van der Waals surface area contributed by atoms with Gasteiger partial charge in [0.15, 0.2) is 0 Å². The first kappa shape index (κ1) is 12.0. The van der Waals surface area contributed by atoms with Gasteiger partial charge in [0.25, 0.3) is 0 Å². The molecule has 0 unspecified atom stereocenters. The smallest absolute Gasteiger partial charge is 0.0720 e. The number of benzene rings is 1. The van der Waals surface area contributed by atoms with Crippen molar-refractivity contribution in [2.45, 2.75) is 45.4 Å². The summed E-state index contributed by atoms with van der Waals surface area (Å²) in [5.74, 6) is 0.529. The Hall–Kier alpha value is -1.08. The third-order valence-electron chi connectivity index (χ3n) is 3.88. The standard InChI is InChI=1S/C16H18ClN/c1-10(2)11-7-8-15-13(9-11)16(17)12-5-3-4-6-14(12)18-15/h7-10H,3-6H2,1-2H3. The third kappa shape index (κ3) is 1.91. The molecule has 94 valence electrons. The zero-order valence-electron chi connectivity index (χ0n) is 11.0. The first-order chi connectivity index (χ1) is 8.66. The van der Waals surface area contributed by atoms with Crippen molar-refractivity contribution in [3.63, 3.8) is 0 Å². The van der Waals surface area contributed by atoms with Gasteiger partial charge >= 0.3 is 0 Å². The highest BCUT2D eigenvalue weighted by Crippen LogP contribution is 2.34. The molecule has 2 heteroatoms. The van der Waals surface area contributed by atoms with E-state index in [1.54, 1.807) is 0 Å². The summed E-state index contributed by atoms with van der Waals surface area (Å²) in [6.07, 6.45) is 4.65. The Morgan fingerprint density at radius 2 is 1.94 bits per heavy atom. The van der Waals surface area contributed by atoms with Crippen LogP contribution in [0.25, 0.3) is 10.9 Å². The Balaban J connectivity index is 2.26. The van der Waals surface area contributed by atoms with Crippen molar-refractivity contribution < 1.29 is 0 Å². The molecule has 1 heterocycles. The maximum Gasteiger partial charge on any atom is 0.0720 e. The number of hydrogen-bond acceptors (Lipinski definition) is 1. The number of fused-ring (bicyclic) bond motifs is 2. The van der Waals surface area contributed by atoms with E-state index in [2.05, 4.69) is 32.0 Å². The second-order valence-electron chi connectivity index (χ2n) is 5.49. The molecule has 1 aromatic heterocycles. The first-order valence-corrected chi connectivity index (χ1v) is 7.15. The van der Waals surface area contributed by atoms with Gasteiger partial charge in [-0.3, -0.25) is 4.98 Å². The molecule has 0 spiro atoms. The van der Waals surface area contributed by atoms with Crippen LogP contribution >= 0.6 is 11.6 Å². The molecular weight excluding hydrogens is 242 g/mol. The molecule has 0 saturated heterocycles. The Bertz CT molecular complexity index is 602. The van der Waals surface area contributed by atoms with E-state index in [4.69, 9.17) is 16.6 Å². The maximum atomic E-state index is 6.60. The number of aryl methyl sites for hydroxylation is 1. The number of aromatic nitrogens is 1. The predicted molar refractivity (Wildman–Crippen MR) is 77.5 cm³/mol. The van der Waals surface area contributed by atoms with Gasteiger partial charge in [0.2, 0.25) is 0 Å². The number of hydrogen-bond donors (Lipinski definition) is 0. The highest BCUT2D eigenvalue weighted by atomic mass is 35.5. The van der Waals surface area contributed by atoms with E-state index >= 15 is 0 Å². The maximum absolute atomic E-state index is 6.60. The molecule has 2 aromatic rings. The summed E-state index contributed by atoms with van der Waals surface area (Å²) in [4.78, 5) is 4.79. The van der Waals surface area contributed by atoms with Crippen LogP contribution in [0, 0.1) is 0 Å². The molecule has 0 radical (unpaired) electrons. The average molecular weight is 260 g/mol. The van der Waals surface area contributed by atoms with E-state index in [1.807, 2.05) is 0 Å². The lowest BCUT2D eigenvalue weighted by molar-refractivity contribution is 0.671. The highest BCUT2D eigenvalue weighted by Gasteiger charge is 2.17. The van der Waals surface area contributed by atoms with E-state index in [9.17, 15) is 0 Å². The van der Waals surface area contributed by atoms with Gasteiger partial charge in [0, 0.05) is 11.1 Å². The highest BCUT2D eigenvalue weighted by molar-refractivity contribution is 6.36. The summed E-state index contributed by atoms with van der Waals surface area (Å²) >= 11 is 6.60. The zero-order valence-corrected chi connectivity index (χ0v) is 11.7. The molecule has 0 amide bonds. The van der Waals surface area contributed by atoms with Crippen LogP contribution in [0.2, 0.25) is 5.02 Å². The minimum atomic E-state index is 0.529. The van der Waals surface area contributed by atoms with Gasteiger partial charge in [0.05, 0.1) is 10.5 Å². The van der Waals surface area contributed by atoms with Crippen LogP contribution in [0.15, 0.2) is 18.2 Å². The van der Waals surface area contributed by atoms with E-state index in [0.29, 0.717) is 5.92 Å². The quantitative estimate of drug-likeness (QED) is 0.711. The van der Waals surface area contributed by atoms with Crippen molar-refractivity contribution in [3.05, 3.63) is 40.0 Å². The molecule has 0 N–H and O–H groups in total. The predicted octanol–water partition coefficient (Wildman–Crippen LogP) is 4.89. The molecule has 0 saturated carbocycles. The lowest BCUT2D eigenvalue weighted by Gasteiger charge is -2.18. The molecule has 0 fully saturated rings. The Kier molecular flexibility index (Phi) is 3.03. The van der Waals surface area contributed by atoms with Crippen molar-refractivity contribution in [2.75, 3.05) is 0 Å². The monoisotopic (exact) mass is 259 g/mol. The third-order valence-corrected chi connectivity index (χ3v) is 4.31. The molecule has 1 aromatic carbocycles. The van der Waals surface area contributed by atoms with Gasteiger partial charge in [0.1, 0.15) is 0 Å². The number of halogens is 1. The Labute approximate surface area is 113 Å². The fraction of sp³-hybridized carbons (Fsp3) is 0.438. The van der Waals surface area contributed by atoms with E-state index in [0.717, 1.165) is 28.8 Å². The molecule has 0 bridgehead atoms. The van der Waals surface area contributed by atoms with Gasteiger partial charge in [-0.1, -0.05) is 31.5 Å². The van der Waals surface area contributed by atoms with Gasteiger partial charge in [-0.2, -0.15) is 0 Å². The van der Waals surface area contributed by atoms with Crippen molar-refractivity contribution >= 4 is 22.5 Å². The lowest BCUT2D eigenvalue weighted by Crippen LogP contribution is -2.06. The molecule has 0 atom stereocenters. The zero-order chi connectivity index (χ0) is 12.7. The van der Waals surface area contributed by atoms with Crippen LogP contribution in [0.4, 0.5) is 0 Å². The molecule has 3 rings (SSSR count). The molecule has 1 aliphatic carbocycles. The van der Waals surface area contributed by atoms with Crippen LogP contribution < -0.4 is 0 Å². The van der Waals surface area contributed by atoms with Gasteiger partial charge in [-0.25, -0.2) is 0 Å². The average Bonchev–Trinajstić information content (AvgIpc) is 2.38. The topological polar surface area (TPSA) is 12.9 Å². The van der Waals surface area contributed by atoms with Crippen molar-refractivity contribution in [3.8, 4) is 0 Å². The summed E-state index contributed by atoms with van der Waals surface area (Å²) in [5.41, 5.74) is 4.89. The van der Waals surface area contributed by atoms with Crippen LogP contribution in [-0.2, 0) is 12.8 Å². The van der Waals surface area contributed by atoms with Crippen LogP contribution in [0.1, 0.15) is 49.4 Å². The molecular formula is C16H18ClN. The molecule has 1 nitrogen and oxygen atoms in total. The van der Waals surface area contributed by atoms with E-state index < -0.39 is 0 Å². The van der Waals surface area contributed by atoms with Crippen molar-refractivity contribution in [1.29, 1.82) is 0 Å².